The molecule has 0 amide bonds. The van der Waals surface area contributed by atoms with Crippen LogP contribution < -0.4 is 4.74 Å². The first-order chi connectivity index (χ1) is 11.7. The summed E-state index contributed by atoms with van der Waals surface area (Å²) in [5.41, 5.74) is 1.41. The monoisotopic (exact) mass is 324 g/mol. The van der Waals surface area contributed by atoms with Crippen molar-refractivity contribution in [1.29, 1.82) is 0 Å². The summed E-state index contributed by atoms with van der Waals surface area (Å²) in [5.74, 6) is -0.715. The van der Waals surface area contributed by atoms with Crippen molar-refractivity contribution in [3.63, 3.8) is 0 Å². The highest BCUT2D eigenvalue weighted by Crippen LogP contribution is 2.18. The van der Waals surface area contributed by atoms with E-state index in [1.165, 1.54) is 6.07 Å². The zero-order valence-electron chi connectivity index (χ0n) is 12.9. The lowest BCUT2D eigenvalue weighted by molar-refractivity contribution is 0.0475. The molecule has 0 radical (unpaired) electrons. The van der Waals surface area contributed by atoms with Crippen LogP contribution in [0.4, 0.5) is 0 Å². The van der Waals surface area contributed by atoms with Gasteiger partial charge in [0.2, 0.25) is 0 Å². The molecule has 24 heavy (non-hydrogen) atoms. The standard InChI is InChI=1S/C19H16O5/c1-2-13-6-3-4-9-17(13)19(21)24-15-8-5-7-14(10-15)18(20)23-12-16-11-22-16/h2-10,16H,1,11-12H2. The molecule has 2 aromatic carbocycles. The van der Waals surface area contributed by atoms with E-state index in [1.54, 1.807) is 42.5 Å². The van der Waals surface area contributed by atoms with Gasteiger partial charge in [0, 0.05) is 0 Å². The average molecular weight is 324 g/mol. The van der Waals surface area contributed by atoms with Crippen molar-refractivity contribution in [3.8, 4) is 5.75 Å². The summed E-state index contributed by atoms with van der Waals surface area (Å²) in [5, 5.41) is 0. The van der Waals surface area contributed by atoms with Crippen LogP contribution in [0.1, 0.15) is 26.3 Å². The smallest absolute Gasteiger partial charge is 0.344 e. The largest absolute Gasteiger partial charge is 0.459 e. The second-order valence-corrected chi connectivity index (χ2v) is 5.26. The van der Waals surface area contributed by atoms with Gasteiger partial charge in [-0.05, 0) is 29.8 Å². The molecule has 1 heterocycles. The summed E-state index contributed by atoms with van der Waals surface area (Å²) in [6.45, 7) is 4.53. The maximum atomic E-state index is 12.3. The number of ether oxygens (including phenoxy) is 3. The molecule has 0 aromatic heterocycles. The quantitative estimate of drug-likeness (QED) is 0.464. The van der Waals surface area contributed by atoms with Crippen LogP contribution in [-0.4, -0.2) is 31.3 Å². The van der Waals surface area contributed by atoms with E-state index >= 15 is 0 Å². The maximum absolute atomic E-state index is 12.3. The lowest BCUT2D eigenvalue weighted by Gasteiger charge is -2.08. The first kappa shape index (κ1) is 16.0. The molecule has 5 heteroatoms. The number of benzene rings is 2. The fourth-order valence-electron chi connectivity index (χ4n) is 2.13. The highest BCUT2D eigenvalue weighted by Gasteiger charge is 2.24. The van der Waals surface area contributed by atoms with Crippen molar-refractivity contribution in [2.75, 3.05) is 13.2 Å². The van der Waals surface area contributed by atoms with Crippen molar-refractivity contribution < 1.29 is 23.8 Å². The van der Waals surface area contributed by atoms with E-state index in [0.29, 0.717) is 23.3 Å². The Hall–Kier alpha value is -2.92. The molecule has 1 unspecified atom stereocenters. The third-order valence-electron chi connectivity index (χ3n) is 3.48. The Morgan fingerprint density at radius 3 is 2.71 bits per heavy atom. The van der Waals surface area contributed by atoms with Crippen LogP contribution in [0, 0.1) is 0 Å². The molecule has 0 spiro atoms. The molecule has 122 valence electrons. The van der Waals surface area contributed by atoms with E-state index in [9.17, 15) is 9.59 Å². The van der Waals surface area contributed by atoms with Crippen molar-refractivity contribution in [1.82, 2.24) is 0 Å². The number of rotatable bonds is 6. The van der Waals surface area contributed by atoms with E-state index in [1.807, 2.05) is 6.07 Å². The molecule has 3 rings (SSSR count). The lowest BCUT2D eigenvalue weighted by Crippen LogP contribution is -2.12. The lowest BCUT2D eigenvalue weighted by atomic mass is 10.1. The van der Waals surface area contributed by atoms with E-state index in [0.717, 1.165) is 0 Å². The van der Waals surface area contributed by atoms with E-state index in [-0.39, 0.29) is 18.5 Å². The van der Waals surface area contributed by atoms with Crippen LogP contribution in [0.2, 0.25) is 0 Å². The molecule has 5 nitrogen and oxygen atoms in total. The van der Waals surface area contributed by atoms with Gasteiger partial charge in [0.15, 0.2) is 0 Å². The molecule has 1 saturated heterocycles. The molecule has 2 aromatic rings. The summed E-state index contributed by atoms with van der Waals surface area (Å²) in [4.78, 5) is 24.2. The summed E-state index contributed by atoms with van der Waals surface area (Å²) in [6, 6.07) is 13.3. The number of esters is 2. The predicted octanol–water partition coefficient (Wildman–Crippen LogP) is 3.10. The molecule has 0 aliphatic carbocycles. The third kappa shape index (κ3) is 3.88. The van der Waals surface area contributed by atoms with Gasteiger partial charge in [-0.3, -0.25) is 0 Å². The third-order valence-corrected chi connectivity index (χ3v) is 3.48. The highest BCUT2D eigenvalue weighted by molar-refractivity contribution is 5.95. The maximum Gasteiger partial charge on any atom is 0.344 e. The van der Waals surface area contributed by atoms with Gasteiger partial charge < -0.3 is 14.2 Å². The first-order valence-electron chi connectivity index (χ1n) is 7.50. The normalized spacial score (nSPS) is 15.4. The zero-order valence-corrected chi connectivity index (χ0v) is 12.9. The molecule has 0 bridgehead atoms. The van der Waals surface area contributed by atoms with E-state index < -0.39 is 11.9 Å². The Morgan fingerprint density at radius 1 is 1.17 bits per heavy atom. The number of carbonyl (C=O) groups is 2. The van der Waals surface area contributed by atoms with E-state index in [2.05, 4.69) is 6.58 Å². The minimum absolute atomic E-state index is 0.00497. The van der Waals surface area contributed by atoms with Crippen molar-refractivity contribution in [2.24, 2.45) is 0 Å². The average Bonchev–Trinajstić information content (AvgIpc) is 3.44. The van der Waals surface area contributed by atoms with Crippen LogP contribution in [-0.2, 0) is 9.47 Å². The van der Waals surface area contributed by atoms with Crippen LogP contribution in [0.15, 0.2) is 55.1 Å². The Balaban J connectivity index is 1.70. The fourth-order valence-corrected chi connectivity index (χ4v) is 2.13. The summed E-state index contributed by atoms with van der Waals surface area (Å²) < 4.78 is 15.5. The highest BCUT2D eigenvalue weighted by atomic mass is 16.6. The number of carbonyl (C=O) groups excluding carboxylic acids is 2. The van der Waals surface area contributed by atoms with Crippen LogP contribution in [0.3, 0.4) is 0 Å². The van der Waals surface area contributed by atoms with Crippen LogP contribution in [0.5, 0.6) is 5.75 Å². The van der Waals surface area contributed by atoms with Gasteiger partial charge in [-0.2, -0.15) is 0 Å². The van der Waals surface area contributed by atoms with Crippen LogP contribution >= 0.6 is 0 Å². The van der Waals surface area contributed by atoms with E-state index in [4.69, 9.17) is 14.2 Å². The minimum atomic E-state index is -0.512. The molecule has 1 fully saturated rings. The summed E-state index contributed by atoms with van der Waals surface area (Å²) in [6.07, 6.45) is 1.59. The molecule has 0 saturated carbocycles. The number of hydrogen-bond donors (Lipinski definition) is 0. The Bertz CT molecular complexity index is 777. The van der Waals surface area contributed by atoms with Gasteiger partial charge in [0.1, 0.15) is 18.5 Å². The molecule has 1 aliphatic heterocycles. The molecular formula is C19H16O5. The van der Waals surface area contributed by atoms with Gasteiger partial charge in [-0.25, -0.2) is 9.59 Å². The van der Waals surface area contributed by atoms with Gasteiger partial charge >= 0.3 is 11.9 Å². The van der Waals surface area contributed by atoms with Crippen molar-refractivity contribution >= 4 is 18.0 Å². The van der Waals surface area contributed by atoms with Gasteiger partial charge in [-0.15, -0.1) is 0 Å². The van der Waals surface area contributed by atoms with Crippen molar-refractivity contribution in [2.45, 2.75) is 6.10 Å². The Kier molecular flexibility index (Phi) is 4.72. The SMILES string of the molecule is C=Cc1ccccc1C(=O)Oc1cccc(C(=O)OCC2CO2)c1. The molecular weight excluding hydrogens is 308 g/mol. The topological polar surface area (TPSA) is 65.1 Å². The molecule has 1 aliphatic rings. The molecule has 0 N–H and O–H groups in total. The zero-order chi connectivity index (χ0) is 16.9. The second kappa shape index (κ2) is 7.10. The summed E-state index contributed by atoms with van der Waals surface area (Å²) >= 11 is 0. The van der Waals surface area contributed by atoms with Crippen LogP contribution in [0.25, 0.3) is 6.08 Å². The fraction of sp³-hybridized carbons (Fsp3) is 0.158. The number of hydrogen-bond acceptors (Lipinski definition) is 5. The Labute approximate surface area is 139 Å². The van der Waals surface area contributed by atoms with Gasteiger partial charge in [-0.1, -0.05) is 36.9 Å². The first-order valence-corrected chi connectivity index (χ1v) is 7.50. The minimum Gasteiger partial charge on any atom is -0.459 e. The van der Waals surface area contributed by atoms with Gasteiger partial charge in [0.05, 0.1) is 17.7 Å². The molecule has 1 atom stereocenters. The van der Waals surface area contributed by atoms with Crippen molar-refractivity contribution in [3.05, 3.63) is 71.8 Å². The van der Waals surface area contributed by atoms with Gasteiger partial charge in [0.25, 0.3) is 0 Å². The number of epoxide rings is 1. The summed E-state index contributed by atoms with van der Waals surface area (Å²) in [7, 11) is 0. The predicted molar refractivity (Wildman–Crippen MR) is 88.0 cm³/mol. The Morgan fingerprint density at radius 2 is 1.96 bits per heavy atom. The second-order valence-electron chi connectivity index (χ2n) is 5.26.